The maximum Gasteiger partial charge on any atom is 0.341 e. The van der Waals surface area contributed by atoms with Gasteiger partial charge in [0.2, 0.25) is 0 Å². The summed E-state index contributed by atoms with van der Waals surface area (Å²) in [5, 5.41) is 3.30. The molecular formula is C23H25NO5. The van der Waals surface area contributed by atoms with Gasteiger partial charge in [-0.25, -0.2) is 4.79 Å². The first-order valence-corrected chi connectivity index (χ1v) is 9.32. The molecule has 0 atom stereocenters. The van der Waals surface area contributed by atoms with Crippen molar-refractivity contribution >= 4 is 5.97 Å². The molecule has 0 radical (unpaired) electrons. The summed E-state index contributed by atoms with van der Waals surface area (Å²) in [7, 11) is 2.98. The summed E-state index contributed by atoms with van der Waals surface area (Å²) in [5.41, 5.74) is 2.59. The van der Waals surface area contributed by atoms with Crippen LogP contribution in [-0.4, -0.2) is 20.2 Å². The smallest absolute Gasteiger partial charge is 0.341 e. The average molecular weight is 395 g/mol. The highest BCUT2D eigenvalue weighted by molar-refractivity contribution is 5.90. The Balaban J connectivity index is 1.57. The molecule has 0 aliphatic carbocycles. The van der Waals surface area contributed by atoms with Gasteiger partial charge in [-0.1, -0.05) is 36.4 Å². The zero-order valence-electron chi connectivity index (χ0n) is 16.9. The quantitative estimate of drug-likeness (QED) is 0.546. The van der Waals surface area contributed by atoms with E-state index >= 15 is 0 Å². The minimum atomic E-state index is -0.395. The summed E-state index contributed by atoms with van der Waals surface area (Å²) in [6, 6.07) is 17.5. The van der Waals surface area contributed by atoms with E-state index < -0.39 is 5.97 Å². The molecule has 1 aromatic heterocycles. The van der Waals surface area contributed by atoms with Crippen LogP contribution in [0, 0.1) is 6.92 Å². The maximum absolute atomic E-state index is 11.7. The molecule has 2 aromatic carbocycles. The predicted molar refractivity (Wildman–Crippen MR) is 109 cm³/mol. The Hall–Kier alpha value is -3.25. The van der Waals surface area contributed by atoms with Gasteiger partial charge in [0.05, 0.1) is 20.8 Å². The van der Waals surface area contributed by atoms with Crippen LogP contribution in [0.2, 0.25) is 0 Å². The van der Waals surface area contributed by atoms with Crippen molar-refractivity contribution in [1.29, 1.82) is 0 Å². The van der Waals surface area contributed by atoms with E-state index in [9.17, 15) is 4.79 Å². The topological polar surface area (TPSA) is 69.9 Å². The van der Waals surface area contributed by atoms with Crippen LogP contribution in [0.5, 0.6) is 11.5 Å². The molecule has 1 heterocycles. The lowest BCUT2D eigenvalue weighted by Gasteiger charge is -2.12. The lowest BCUT2D eigenvalue weighted by Crippen LogP contribution is -2.12. The Bertz CT molecular complexity index is 949. The normalized spacial score (nSPS) is 10.6. The summed E-state index contributed by atoms with van der Waals surface area (Å²) in [5.74, 6) is 2.22. The van der Waals surface area contributed by atoms with E-state index in [0.717, 1.165) is 11.1 Å². The Morgan fingerprint density at radius 2 is 1.76 bits per heavy atom. The standard InChI is InChI=1S/C23H25NO5/c1-16-20(23(25)27-3)12-19(29-16)14-24-13-18-9-10-21(22(11-18)26-2)28-15-17-7-5-4-6-8-17/h4-12,24H,13-15H2,1-3H3. The number of esters is 1. The molecule has 0 unspecified atom stereocenters. The Morgan fingerprint density at radius 3 is 2.48 bits per heavy atom. The highest BCUT2D eigenvalue weighted by atomic mass is 16.5. The number of aryl methyl sites for hydroxylation is 1. The first-order chi connectivity index (χ1) is 14.1. The van der Waals surface area contributed by atoms with Gasteiger partial charge < -0.3 is 23.9 Å². The summed E-state index contributed by atoms with van der Waals surface area (Å²) in [4.78, 5) is 11.7. The van der Waals surface area contributed by atoms with Crippen LogP contribution in [0.15, 0.2) is 59.0 Å². The zero-order valence-corrected chi connectivity index (χ0v) is 16.9. The summed E-state index contributed by atoms with van der Waals surface area (Å²) < 4.78 is 21.7. The maximum atomic E-state index is 11.7. The minimum absolute atomic E-state index is 0.395. The van der Waals surface area contributed by atoms with Crippen LogP contribution in [0.4, 0.5) is 0 Å². The van der Waals surface area contributed by atoms with Gasteiger partial charge in [-0.2, -0.15) is 0 Å². The molecule has 3 rings (SSSR count). The number of carbonyl (C=O) groups is 1. The van der Waals surface area contributed by atoms with E-state index in [4.69, 9.17) is 18.6 Å². The molecule has 29 heavy (non-hydrogen) atoms. The number of hydrogen-bond acceptors (Lipinski definition) is 6. The van der Waals surface area contributed by atoms with Gasteiger partial charge in [0.1, 0.15) is 23.7 Å². The molecule has 6 heteroatoms. The van der Waals surface area contributed by atoms with E-state index in [1.54, 1.807) is 20.1 Å². The number of rotatable bonds is 9. The summed E-state index contributed by atoms with van der Waals surface area (Å²) in [6.45, 7) is 3.33. The molecule has 3 aromatic rings. The van der Waals surface area contributed by atoms with Crippen LogP contribution < -0.4 is 14.8 Å². The fraction of sp³-hybridized carbons (Fsp3) is 0.261. The van der Waals surface area contributed by atoms with Gasteiger partial charge in [0, 0.05) is 6.54 Å². The largest absolute Gasteiger partial charge is 0.493 e. The third kappa shape index (κ3) is 5.39. The van der Waals surface area contributed by atoms with Crippen molar-refractivity contribution in [1.82, 2.24) is 5.32 Å². The number of benzene rings is 2. The van der Waals surface area contributed by atoms with Gasteiger partial charge in [0.25, 0.3) is 0 Å². The first-order valence-electron chi connectivity index (χ1n) is 9.32. The lowest BCUT2D eigenvalue weighted by atomic mass is 10.2. The third-order valence-electron chi connectivity index (χ3n) is 4.47. The number of nitrogens with one attached hydrogen (secondary N) is 1. The second-order valence-electron chi connectivity index (χ2n) is 6.54. The summed E-state index contributed by atoms with van der Waals surface area (Å²) >= 11 is 0. The Labute approximate surface area is 170 Å². The Kier molecular flexibility index (Phi) is 6.92. The summed E-state index contributed by atoms with van der Waals surface area (Å²) in [6.07, 6.45) is 0. The minimum Gasteiger partial charge on any atom is -0.493 e. The van der Waals surface area contributed by atoms with Crippen molar-refractivity contribution in [3.05, 3.63) is 82.8 Å². The van der Waals surface area contributed by atoms with Crippen molar-refractivity contribution in [3.63, 3.8) is 0 Å². The van der Waals surface area contributed by atoms with Crippen molar-refractivity contribution in [2.75, 3.05) is 14.2 Å². The lowest BCUT2D eigenvalue weighted by molar-refractivity contribution is 0.0599. The fourth-order valence-corrected chi connectivity index (χ4v) is 2.95. The van der Waals surface area contributed by atoms with Crippen LogP contribution >= 0.6 is 0 Å². The molecule has 152 valence electrons. The van der Waals surface area contributed by atoms with E-state index in [0.29, 0.717) is 48.3 Å². The molecule has 0 spiro atoms. The van der Waals surface area contributed by atoms with Gasteiger partial charge in [-0.15, -0.1) is 0 Å². The predicted octanol–water partition coefficient (Wildman–Crippen LogP) is 4.25. The molecule has 0 saturated carbocycles. The number of ether oxygens (including phenoxy) is 3. The Morgan fingerprint density at radius 1 is 0.966 bits per heavy atom. The number of furan rings is 1. The molecule has 0 aliphatic heterocycles. The molecule has 1 N–H and O–H groups in total. The highest BCUT2D eigenvalue weighted by Crippen LogP contribution is 2.29. The van der Waals surface area contributed by atoms with Crippen molar-refractivity contribution in [2.24, 2.45) is 0 Å². The van der Waals surface area contributed by atoms with Crippen molar-refractivity contribution < 1.29 is 23.4 Å². The molecule has 0 fully saturated rings. The van der Waals surface area contributed by atoms with E-state index in [2.05, 4.69) is 5.32 Å². The molecule has 0 aliphatic rings. The van der Waals surface area contributed by atoms with Crippen molar-refractivity contribution in [2.45, 2.75) is 26.6 Å². The van der Waals surface area contributed by atoms with Gasteiger partial charge in [-0.05, 0) is 36.2 Å². The first kappa shape index (κ1) is 20.5. The van der Waals surface area contributed by atoms with E-state index in [-0.39, 0.29) is 0 Å². The molecule has 6 nitrogen and oxygen atoms in total. The molecule has 0 amide bonds. The average Bonchev–Trinajstić information content (AvgIpc) is 3.13. The van der Waals surface area contributed by atoms with E-state index in [1.165, 1.54) is 7.11 Å². The third-order valence-corrected chi connectivity index (χ3v) is 4.47. The number of methoxy groups -OCH3 is 2. The highest BCUT2D eigenvalue weighted by Gasteiger charge is 2.15. The van der Waals surface area contributed by atoms with Gasteiger partial charge in [-0.3, -0.25) is 0 Å². The molecular weight excluding hydrogens is 370 g/mol. The van der Waals surface area contributed by atoms with Crippen LogP contribution in [-0.2, 0) is 24.4 Å². The second-order valence-corrected chi connectivity index (χ2v) is 6.54. The monoisotopic (exact) mass is 395 g/mol. The molecule has 0 saturated heterocycles. The zero-order chi connectivity index (χ0) is 20.6. The van der Waals surface area contributed by atoms with Crippen LogP contribution in [0.25, 0.3) is 0 Å². The number of hydrogen-bond donors (Lipinski definition) is 1. The van der Waals surface area contributed by atoms with Crippen LogP contribution in [0.3, 0.4) is 0 Å². The van der Waals surface area contributed by atoms with Crippen LogP contribution in [0.1, 0.15) is 33.0 Å². The van der Waals surface area contributed by atoms with Crippen molar-refractivity contribution in [3.8, 4) is 11.5 Å². The SMILES string of the molecule is COC(=O)c1cc(CNCc2ccc(OCc3ccccc3)c(OC)c2)oc1C. The van der Waals surface area contributed by atoms with Gasteiger partial charge in [0.15, 0.2) is 11.5 Å². The molecule has 0 bridgehead atoms. The second kappa shape index (κ2) is 9.80. The number of carbonyl (C=O) groups excluding carboxylic acids is 1. The van der Waals surface area contributed by atoms with E-state index in [1.807, 2.05) is 48.5 Å². The van der Waals surface area contributed by atoms with Gasteiger partial charge >= 0.3 is 5.97 Å². The fourth-order valence-electron chi connectivity index (χ4n) is 2.95.